The number of nitrogens with one attached hydrogen (secondary N) is 4. The van der Waals surface area contributed by atoms with E-state index in [1.54, 1.807) is 24.4 Å². The van der Waals surface area contributed by atoms with Crippen molar-refractivity contribution in [3.8, 4) is 6.19 Å². The molecule has 0 spiro atoms. The monoisotopic (exact) mass is 360 g/mol. The van der Waals surface area contributed by atoms with Gasteiger partial charge in [0.2, 0.25) is 5.96 Å². The summed E-state index contributed by atoms with van der Waals surface area (Å²) in [5.74, 6) is 2.24. The molecule has 0 saturated carbocycles. The minimum Gasteiger partial charge on any atom is -0.356 e. The molecule has 0 aromatic carbocycles. The van der Waals surface area contributed by atoms with Crippen LogP contribution in [0.4, 0.5) is 0 Å². The maximum Gasteiger partial charge on any atom is 0.204 e. The zero-order valence-corrected chi connectivity index (χ0v) is 15.4. The van der Waals surface area contributed by atoms with Crippen LogP contribution in [0.1, 0.15) is 30.4 Å². The van der Waals surface area contributed by atoms with Crippen molar-refractivity contribution in [1.82, 2.24) is 30.6 Å². The Kier molecular flexibility index (Phi) is 7.85. The Labute approximate surface area is 152 Å². The van der Waals surface area contributed by atoms with Crippen LogP contribution in [0.2, 0.25) is 0 Å². The van der Waals surface area contributed by atoms with Gasteiger partial charge in [0.05, 0.1) is 30.1 Å². The summed E-state index contributed by atoms with van der Waals surface area (Å²) in [4.78, 5) is 19.0. The number of H-pyrrole nitrogens is 2. The van der Waals surface area contributed by atoms with Gasteiger partial charge in [-0.2, -0.15) is 17.0 Å². The van der Waals surface area contributed by atoms with E-state index in [-0.39, 0.29) is 6.04 Å². The molecule has 2 aromatic heterocycles. The Morgan fingerprint density at radius 1 is 1.44 bits per heavy atom. The highest BCUT2D eigenvalue weighted by molar-refractivity contribution is 7.98. The van der Waals surface area contributed by atoms with Gasteiger partial charge in [-0.15, -0.1) is 0 Å². The third kappa shape index (κ3) is 6.89. The Hall–Kier alpha value is -2.47. The number of imidazole rings is 2. The molecule has 9 heteroatoms. The van der Waals surface area contributed by atoms with Gasteiger partial charge in [-0.3, -0.25) is 5.32 Å². The van der Waals surface area contributed by atoms with Crippen LogP contribution >= 0.6 is 11.8 Å². The topological polar surface area (TPSA) is 118 Å². The van der Waals surface area contributed by atoms with Gasteiger partial charge in [0.25, 0.3) is 0 Å². The van der Waals surface area contributed by atoms with Crippen molar-refractivity contribution in [2.75, 3.05) is 12.3 Å². The lowest BCUT2D eigenvalue weighted by Crippen LogP contribution is -2.36. The van der Waals surface area contributed by atoms with Crippen molar-refractivity contribution < 1.29 is 0 Å². The smallest absolute Gasteiger partial charge is 0.204 e. The zero-order chi connectivity index (χ0) is 17.9. The number of nitriles is 1. The summed E-state index contributed by atoms with van der Waals surface area (Å²) >= 11 is 1.78. The standard InChI is InChI=1S/C16H24N8S/c1-12(7-25-8-15-13(2)21-11-23-15)24-16(20-9-17)19-5-3-4-14-6-18-10-22-14/h6,10-12H,3-5,7-8H2,1-2H3,(H,18,22)(H,21,23)(H2,19,20,24)/t12-/m1/s1. The van der Waals surface area contributed by atoms with Crippen LogP contribution in [0.25, 0.3) is 0 Å². The SMILES string of the molecule is Cc1[nH]cnc1CSC[C@@H](C)N=C(NC#N)NCCCc1c[nH]cn1. The highest BCUT2D eigenvalue weighted by Gasteiger charge is 2.06. The molecule has 8 nitrogen and oxygen atoms in total. The summed E-state index contributed by atoms with van der Waals surface area (Å²) in [6.45, 7) is 4.79. The van der Waals surface area contributed by atoms with Crippen LogP contribution in [0.5, 0.6) is 0 Å². The molecule has 134 valence electrons. The number of aromatic nitrogens is 4. The molecular formula is C16H24N8S. The van der Waals surface area contributed by atoms with Crippen LogP contribution in [0, 0.1) is 18.4 Å². The largest absolute Gasteiger partial charge is 0.356 e. The third-order valence-electron chi connectivity index (χ3n) is 3.51. The predicted molar refractivity (Wildman–Crippen MR) is 100 cm³/mol. The molecule has 0 fully saturated rings. The number of aryl methyl sites for hydroxylation is 2. The Morgan fingerprint density at radius 3 is 3.00 bits per heavy atom. The van der Waals surface area contributed by atoms with Gasteiger partial charge in [0, 0.05) is 29.9 Å². The Bertz CT molecular complexity index is 685. The number of guanidine groups is 1. The second-order valence-electron chi connectivity index (χ2n) is 5.64. The lowest BCUT2D eigenvalue weighted by molar-refractivity contribution is 0.738. The van der Waals surface area contributed by atoms with E-state index in [2.05, 4.69) is 35.6 Å². The fraction of sp³-hybridized carbons (Fsp3) is 0.500. The molecular weight excluding hydrogens is 336 g/mol. The highest BCUT2D eigenvalue weighted by atomic mass is 32.2. The lowest BCUT2D eigenvalue weighted by Gasteiger charge is -2.11. The molecule has 2 aromatic rings. The average molecular weight is 360 g/mol. The van der Waals surface area contributed by atoms with E-state index in [1.807, 2.05) is 26.2 Å². The van der Waals surface area contributed by atoms with Crippen molar-refractivity contribution in [3.05, 3.63) is 35.9 Å². The van der Waals surface area contributed by atoms with Crippen molar-refractivity contribution in [2.24, 2.45) is 4.99 Å². The first-order valence-corrected chi connectivity index (χ1v) is 9.35. The van der Waals surface area contributed by atoms with Gasteiger partial charge in [-0.1, -0.05) is 0 Å². The van der Waals surface area contributed by atoms with Crippen LogP contribution in [0.15, 0.2) is 23.8 Å². The molecule has 2 rings (SSSR count). The summed E-state index contributed by atoms with van der Waals surface area (Å²) < 4.78 is 0. The normalized spacial score (nSPS) is 12.6. The van der Waals surface area contributed by atoms with E-state index in [1.165, 1.54) is 0 Å². The molecule has 0 aliphatic heterocycles. The van der Waals surface area contributed by atoms with Gasteiger partial charge in [0.15, 0.2) is 6.19 Å². The molecule has 0 radical (unpaired) electrons. The molecule has 0 amide bonds. The summed E-state index contributed by atoms with van der Waals surface area (Å²) in [6, 6.07) is 0.0962. The molecule has 2 heterocycles. The quantitative estimate of drug-likeness (QED) is 0.178. The first kappa shape index (κ1) is 18.9. The highest BCUT2D eigenvalue weighted by Crippen LogP contribution is 2.14. The van der Waals surface area contributed by atoms with E-state index in [0.717, 1.165) is 48.0 Å². The van der Waals surface area contributed by atoms with Crippen LogP contribution in [-0.4, -0.2) is 44.2 Å². The Balaban J connectivity index is 1.71. The van der Waals surface area contributed by atoms with Crippen LogP contribution in [-0.2, 0) is 12.2 Å². The number of hydrogen-bond donors (Lipinski definition) is 4. The average Bonchev–Trinajstić information content (AvgIpc) is 3.24. The van der Waals surface area contributed by atoms with E-state index in [0.29, 0.717) is 5.96 Å². The maximum atomic E-state index is 8.87. The first-order chi connectivity index (χ1) is 12.2. The van der Waals surface area contributed by atoms with Gasteiger partial charge < -0.3 is 15.3 Å². The number of nitrogens with zero attached hydrogens (tertiary/aromatic N) is 4. The lowest BCUT2D eigenvalue weighted by atomic mass is 10.2. The number of aromatic amines is 2. The second-order valence-corrected chi connectivity index (χ2v) is 6.67. The van der Waals surface area contributed by atoms with E-state index in [4.69, 9.17) is 5.26 Å². The van der Waals surface area contributed by atoms with Gasteiger partial charge in [0.1, 0.15) is 0 Å². The summed E-state index contributed by atoms with van der Waals surface area (Å²) in [6.07, 6.45) is 9.01. The molecule has 0 aliphatic rings. The summed E-state index contributed by atoms with van der Waals surface area (Å²) in [5, 5.41) is 14.7. The van der Waals surface area contributed by atoms with E-state index >= 15 is 0 Å². The van der Waals surface area contributed by atoms with Gasteiger partial charge in [-0.05, 0) is 26.7 Å². The molecule has 0 saturated heterocycles. The Morgan fingerprint density at radius 2 is 2.32 bits per heavy atom. The minimum atomic E-state index is 0.0962. The van der Waals surface area contributed by atoms with Crippen LogP contribution < -0.4 is 10.6 Å². The third-order valence-corrected chi connectivity index (χ3v) is 4.71. The van der Waals surface area contributed by atoms with Crippen molar-refractivity contribution in [1.29, 1.82) is 5.26 Å². The second kappa shape index (κ2) is 10.4. The van der Waals surface area contributed by atoms with Gasteiger partial charge in [-0.25, -0.2) is 15.0 Å². The molecule has 25 heavy (non-hydrogen) atoms. The summed E-state index contributed by atoms with van der Waals surface area (Å²) in [7, 11) is 0. The zero-order valence-electron chi connectivity index (χ0n) is 14.5. The number of aliphatic imine (C=N–C) groups is 1. The molecule has 1 atom stereocenters. The van der Waals surface area contributed by atoms with Gasteiger partial charge >= 0.3 is 0 Å². The number of rotatable bonds is 9. The first-order valence-electron chi connectivity index (χ1n) is 8.20. The van der Waals surface area contributed by atoms with Crippen molar-refractivity contribution in [3.63, 3.8) is 0 Å². The molecule has 0 bridgehead atoms. The van der Waals surface area contributed by atoms with Crippen molar-refractivity contribution in [2.45, 2.75) is 38.5 Å². The fourth-order valence-corrected chi connectivity index (χ4v) is 3.21. The number of hydrogen-bond acceptors (Lipinski definition) is 5. The summed E-state index contributed by atoms with van der Waals surface area (Å²) in [5.41, 5.74) is 3.22. The molecule has 4 N–H and O–H groups in total. The van der Waals surface area contributed by atoms with E-state index < -0.39 is 0 Å². The van der Waals surface area contributed by atoms with E-state index in [9.17, 15) is 0 Å². The van der Waals surface area contributed by atoms with Crippen LogP contribution in [0.3, 0.4) is 0 Å². The minimum absolute atomic E-state index is 0.0962. The fourth-order valence-electron chi connectivity index (χ4n) is 2.20. The molecule has 0 aliphatic carbocycles. The maximum absolute atomic E-state index is 8.87. The van der Waals surface area contributed by atoms with Crippen molar-refractivity contribution >= 4 is 17.7 Å². The molecule has 0 unspecified atom stereocenters. The number of thioether (sulfide) groups is 1. The predicted octanol–water partition coefficient (Wildman–Crippen LogP) is 1.71.